The number of phenolic OH excluding ortho intramolecular Hbond substituents is 1. The Balaban J connectivity index is 1.31. The van der Waals surface area contributed by atoms with Crippen molar-refractivity contribution in [3.8, 4) is 5.75 Å². The highest BCUT2D eigenvalue weighted by Gasteiger charge is 2.42. The summed E-state index contributed by atoms with van der Waals surface area (Å²) in [5.74, 6) is -0.0727. The third kappa shape index (κ3) is 4.74. The molecule has 2 N–H and O–H groups in total. The molecule has 2 bridgehead atoms. The largest absolute Gasteiger partial charge is 0.507 e. The molecule has 0 aliphatic carbocycles. The lowest BCUT2D eigenvalue weighted by molar-refractivity contribution is -0.120. The van der Waals surface area contributed by atoms with Crippen LogP contribution in [0.25, 0.3) is 0 Å². The molecule has 4 rings (SSSR count). The van der Waals surface area contributed by atoms with Crippen molar-refractivity contribution in [3.63, 3.8) is 0 Å². The van der Waals surface area contributed by atoms with Crippen LogP contribution in [-0.2, 0) is 11.2 Å². The average Bonchev–Trinajstić information content (AvgIpc) is 3.39. The number of nitrogens with one attached hydrogen (secondary N) is 1. The lowest BCUT2D eigenvalue weighted by Crippen LogP contribution is -2.44. The summed E-state index contributed by atoms with van der Waals surface area (Å²) in [4.78, 5) is 28.4. The van der Waals surface area contributed by atoms with Crippen molar-refractivity contribution in [1.29, 1.82) is 0 Å². The standard InChI is InChI=1S/C25H29N3O3/c1-2-25(31)26-13-11-18-7-9-19(10-8-18)28-17-20-15-21(28)16-27(20)14-12-24(30)22-5-3-4-6-23(22)29/h3-10,12,14,20-21,29H,2,11,13,15-17H2,1H3,(H,26,31)/b14-12+/t20-,21-/m0/s1. The van der Waals surface area contributed by atoms with Crippen LogP contribution in [0.4, 0.5) is 5.69 Å². The SMILES string of the molecule is CCC(=O)NCCc1ccc(N2C[C@@H]3C[C@H]2CN3/C=C/C(=O)c2ccccc2O)cc1. The zero-order chi connectivity index (χ0) is 21.8. The van der Waals surface area contributed by atoms with E-state index in [1.54, 1.807) is 24.3 Å². The number of aromatic hydroxyl groups is 1. The van der Waals surface area contributed by atoms with E-state index in [4.69, 9.17) is 0 Å². The first-order valence-corrected chi connectivity index (χ1v) is 10.9. The number of anilines is 1. The molecule has 0 unspecified atom stereocenters. The molecule has 2 heterocycles. The van der Waals surface area contributed by atoms with Gasteiger partial charge in [0, 0.05) is 56.1 Å². The van der Waals surface area contributed by atoms with Gasteiger partial charge in [-0.2, -0.15) is 0 Å². The molecular formula is C25H29N3O3. The number of fused-ring (bicyclic) bond motifs is 2. The normalized spacial score (nSPS) is 19.9. The van der Waals surface area contributed by atoms with Gasteiger partial charge in [0.05, 0.1) is 5.56 Å². The van der Waals surface area contributed by atoms with Crippen molar-refractivity contribution < 1.29 is 14.7 Å². The third-order valence-corrected chi connectivity index (χ3v) is 6.19. The molecule has 1 amide bonds. The Kier molecular flexibility index (Phi) is 6.26. The first-order valence-electron chi connectivity index (χ1n) is 10.9. The van der Waals surface area contributed by atoms with Gasteiger partial charge in [-0.1, -0.05) is 31.2 Å². The molecule has 2 aliphatic heterocycles. The molecule has 0 spiro atoms. The van der Waals surface area contributed by atoms with Crippen LogP contribution in [0.3, 0.4) is 0 Å². The van der Waals surface area contributed by atoms with Crippen molar-refractivity contribution in [2.75, 3.05) is 24.5 Å². The minimum Gasteiger partial charge on any atom is -0.507 e. The molecule has 162 valence electrons. The van der Waals surface area contributed by atoms with Crippen LogP contribution in [0.5, 0.6) is 5.75 Å². The Hall–Kier alpha value is -3.28. The Bertz CT molecular complexity index is 970. The van der Waals surface area contributed by atoms with Crippen LogP contribution in [0.2, 0.25) is 0 Å². The number of ketones is 1. The summed E-state index contributed by atoms with van der Waals surface area (Å²) in [5.41, 5.74) is 2.78. The van der Waals surface area contributed by atoms with E-state index >= 15 is 0 Å². The predicted octanol–water partition coefficient (Wildman–Crippen LogP) is 3.12. The molecule has 2 aromatic carbocycles. The number of likely N-dealkylation sites (tertiary alicyclic amines) is 1. The molecule has 2 aliphatic rings. The van der Waals surface area contributed by atoms with E-state index in [1.165, 1.54) is 17.3 Å². The number of para-hydroxylation sites is 1. The number of piperazine rings is 1. The number of nitrogens with zero attached hydrogens (tertiary/aromatic N) is 2. The maximum Gasteiger partial charge on any atom is 0.219 e. The van der Waals surface area contributed by atoms with Crippen LogP contribution in [0, 0.1) is 0 Å². The second-order valence-corrected chi connectivity index (χ2v) is 8.21. The van der Waals surface area contributed by atoms with E-state index in [1.807, 2.05) is 13.1 Å². The maximum absolute atomic E-state index is 12.4. The lowest BCUT2D eigenvalue weighted by atomic mass is 10.1. The third-order valence-electron chi connectivity index (χ3n) is 6.19. The lowest BCUT2D eigenvalue weighted by Gasteiger charge is -2.35. The summed E-state index contributed by atoms with van der Waals surface area (Å²) < 4.78 is 0. The van der Waals surface area contributed by atoms with E-state index in [2.05, 4.69) is 39.4 Å². The first kappa shape index (κ1) is 21.0. The minimum atomic E-state index is -0.177. The molecule has 6 nitrogen and oxygen atoms in total. The Morgan fingerprint density at radius 2 is 1.87 bits per heavy atom. The monoisotopic (exact) mass is 419 g/mol. The molecule has 2 saturated heterocycles. The minimum absolute atomic E-state index is 0.0162. The number of allylic oxidation sites excluding steroid dienone is 1. The highest BCUT2D eigenvalue weighted by atomic mass is 16.3. The highest BCUT2D eigenvalue weighted by molar-refractivity contribution is 6.06. The smallest absolute Gasteiger partial charge is 0.219 e. The molecule has 31 heavy (non-hydrogen) atoms. The van der Waals surface area contributed by atoms with Crippen molar-refractivity contribution in [2.24, 2.45) is 0 Å². The van der Waals surface area contributed by atoms with E-state index in [9.17, 15) is 14.7 Å². The van der Waals surface area contributed by atoms with Crippen LogP contribution in [-0.4, -0.2) is 53.4 Å². The molecule has 2 aromatic rings. The summed E-state index contributed by atoms with van der Waals surface area (Å²) in [6.45, 7) is 4.35. The van der Waals surface area contributed by atoms with Crippen molar-refractivity contribution >= 4 is 17.4 Å². The second kappa shape index (κ2) is 9.25. The second-order valence-electron chi connectivity index (χ2n) is 8.21. The number of carbonyl (C=O) groups excluding carboxylic acids is 2. The van der Waals surface area contributed by atoms with Gasteiger partial charge in [0.25, 0.3) is 0 Å². The fourth-order valence-electron chi connectivity index (χ4n) is 4.46. The Labute approximate surface area is 183 Å². The van der Waals surface area contributed by atoms with Crippen molar-refractivity contribution in [3.05, 3.63) is 71.9 Å². The summed E-state index contributed by atoms with van der Waals surface area (Å²) in [6, 6.07) is 16.1. The molecule has 6 heteroatoms. The molecular weight excluding hydrogens is 390 g/mol. The molecule has 2 atom stereocenters. The van der Waals surface area contributed by atoms with Gasteiger partial charge in [-0.15, -0.1) is 0 Å². The van der Waals surface area contributed by atoms with Gasteiger partial charge >= 0.3 is 0 Å². The predicted molar refractivity (Wildman–Crippen MR) is 121 cm³/mol. The maximum atomic E-state index is 12.4. The van der Waals surface area contributed by atoms with Gasteiger partial charge in [-0.25, -0.2) is 0 Å². The Morgan fingerprint density at radius 1 is 1.10 bits per heavy atom. The first-order chi connectivity index (χ1) is 15.0. The number of benzene rings is 2. The molecule has 0 aromatic heterocycles. The Morgan fingerprint density at radius 3 is 2.55 bits per heavy atom. The summed E-state index contributed by atoms with van der Waals surface area (Å²) in [6.07, 6.45) is 5.88. The summed E-state index contributed by atoms with van der Waals surface area (Å²) in [7, 11) is 0. The molecule has 0 saturated carbocycles. The summed E-state index contributed by atoms with van der Waals surface area (Å²) >= 11 is 0. The molecule has 2 fully saturated rings. The van der Waals surface area contributed by atoms with Gasteiger partial charge in [0.15, 0.2) is 5.78 Å². The van der Waals surface area contributed by atoms with E-state index < -0.39 is 0 Å². The van der Waals surface area contributed by atoms with Crippen LogP contribution in [0.1, 0.15) is 35.7 Å². The quantitative estimate of drug-likeness (QED) is 0.508. The number of amides is 1. The zero-order valence-electron chi connectivity index (χ0n) is 17.8. The van der Waals surface area contributed by atoms with Crippen LogP contribution < -0.4 is 10.2 Å². The van der Waals surface area contributed by atoms with Gasteiger partial charge < -0.3 is 20.2 Å². The van der Waals surface area contributed by atoms with Gasteiger partial charge in [-0.3, -0.25) is 9.59 Å². The number of phenols is 1. The van der Waals surface area contributed by atoms with E-state index in [0.717, 1.165) is 25.9 Å². The topological polar surface area (TPSA) is 72.9 Å². The summed E-state index contributed by atoms with van der Waals surface area (Å²) in [5, 5.41) is 12.8. The van der Waals surface area contributed by atoms with Gasteiger partial charge in [-0.05, 0) is 42.7 Å². The van der Waals surface area contributed by atoms with E-state index in [0.29, 0.717) is 30.6 Å². The highest BCUT2D eigenvalue weighted by Crippen LogP contribution is 2.35. The van der Waals surface area contributed by atoms with Crippen LogP contribution >= 0.6 is 0 Å². The fraction of sp³-hybridized carbons (Fsp3) is 0.360. The van der Waals surface area contributed by atoms with Crippen molar-refractivity contribution in [1.82, 2.24) is 10.2 Å². The fourth-order valence-corrected chi connectivity index (χ4v) is 4.46. The average molecular weight is 420 g/mol. The van der Waals surface area contributed by atoms with Crippen LogP contribution in [0.15, 0.2) is 60.8 Å². The van der Waals surface area contributed by atoms with Crippen molar-refractivity contribution in [2.45, 2.75) is 38.3 Å². The zero-order valence-corrected chi connectivity index (χ0v) is 17.8. The number of hydrogen-bond donors (Lipinski definition) is 2. The van der Waals surface area contributed by atoms with Gasteiger partial charge in [0.2, 0.25) is 5.91 Å². The van der Waals surface area contributed by atoms with E-state index in [-0.39, 0.29) is 17.4 Å². The number of carbonyl (C=O) groups is 2. The number of hydrogen-bond acceptors (Lipinski definition) is 5. The number of rotatable bonds is 8. The molecule has 0 radical (unpaired) electrons. The van der Waals surface area contributed by atoms with Gasteiger partial charge in [0.1, 0.15) is 5.75 Å².